The number of esters is 1. The summed E-state index contributed by atoms with van der Waals surface area (Å²) in [7, 11) is 1.60. The van der Waals surface area contributed by atoms with Crippen molar-refractivity contribution in [3.63, 3.8) is 0 Å². The van der Waals surface area contributed by atoms with Crippen molar-refractivity contribution in [3.8, 4) is 0 Å². The predicted octanol–water partition coefficient (Wildman–Crippen LogP) is 2.78. The predicted molar refractivity (Wildman–Crippen MR) is 88.7 cm³/mol. The second-order valence-corrected chi connectivity index (χ2v) is 6.18. The van der Waals surface area contributed by atoms with E-state index in [1.165, 1.54) is 17.0 Å². The van der Waals surface area contributed by atoms with Crippen molar-refractivity contribution in [1.29, 1.82) is 0 Å². The molecule has 0 aromatic heterocycles. The minimum absolute atomic E-state index is 0.317. The van der Waals surface area contributed by atoms with Crippen molar-refractivity contribution >= 4 is 11.9 Å². The van der Waals surface area contributed by atoms with Gasteiger partial charge in [0.05, 0.1) is 0 Å². The first-order valence-electron chi connectivity index (χ1n) is 8.06. The molecule has 5 nitrogen and oxygen atoms in total. The summed E-state index contributed by atoms with van der Waals surface area (Å²) < 4.78 is 23.2. The molecular formula is C18H26FNO4. The van der Waals surface area contributed by atoms with Crippen LogP contribution in [0.2, 0.25) is 0 Å². The molecule has 134 valence electrons. The van der Waals surface area contributed by atoms with Crippen LogP contribution in [0.5, 0.6) is 0 Å². The molecule has 0 spiro atoms. The summed E-state index contributed by atoms with van der Waals surface area (Å²) in [5.41, 5.74) is 0.795. The van der Waals surface area contributed by atoms with Crippen molar-refractivity contribution in [2.24, 2.45) is 5.92 Å². The summed E-state index contributed by atoms with van der Waals surface area (Å²) in [4.78, 5) is 25.2. The van der Waals surface area contributed by atoms with Gasteiger partial charge in [-0.1, -0.05) is 26.0 Å². The second-order valence-electron chi connectivity index (χ2n) is 6.18. The molecule has 6 heteroatoms. The first-order valence-corrected chi connectivity index (χ1v) is 8.06. The van der Waals surface area contributed by atoms with E-state index in [0.29, 0.717) is 19.1 Å². The molecule has 1 atom stereocenters. The molecule has 0 aliphatic carbocycles. The highest BCUT2D eigenvalue weighted by Gasteiger charge is 2.18. The fraction of sp³-hybridized carbons (Fsp3) is 0.556. The molecular weight excluding hydrogens is 313 g/mol. The number of benzene rings is 1. The first-order chi connectivity index (χ1) is 11.3. The molecule has 0 aliphatic rings. The van der Waals surface area contributed by atoms with Gasteiger partial charge in [0.2, 0.25) is 0 Å². The van der Waals surface area contributed by atoms with Crippen LogP contribution < -0.4 is 0 Å². The highest BCUT2D eigenvalue weighted by Crippen LogP contribution is 2.06. The number of hydrogen-bond donors (Lipinski definition) is 0. The third-order valence-electron chi connectivity index (χ3n) is 3.49. The molecule has 0 heterocycles. The van der Waals surface area contributed by atoms with Gasteiger partial charge in [-0.15, -0.1) is 0 Å². The molecule has 0 N–H and O–H groups in total. The van der Waals surface area contributed by atoms with Gasteiger partial charge in [-0.05, 0) is 37.0 Å². The maximum absolute atomic E-state index is 12.9. The Balaban J connectivity index is 2.33. The average molecular weight is 339 g/mol. The van der Waals surface area contributed by atoms with E-state index in [9.17, 15) is 14.0 Å². The molecule has 1 aromatic rings. The summed E-state index contributed by atoms with van der Waals surface area (Å²) in [5, 5.41) is 0. The Kier molecular flexibility index (Phi) is 8.40. The number of halogens is 1. The van der Waals surface area contributed by atoms with Gasteiger partial charge in [0, 0.05) is 20.2 Å². The highest BCUT2D eigenvalue weighted by atomic mass is 19.1. The standard InChI is InChI=1S/C18H26FNO4/c1-13(2)9-10-23-14(3)18(22)24-12-17(21)20(4)11-15-5-7-16(19)8-6-15/h5-8,13-14H,9-12H2,1-4H3. The first kappa shape index (κ1) is 20.1. The van der Waals surface area contributed by atoms with E-state index in [1.807, 2.05) is 0 Å². The van der Waals surface area contributed by atoms with Gasteiger partial charge in [-0.3, -0.25) is 4.79 Å². The maximum Gasteiger partial charge on any atom is 0.335 e. The lowest BCUT2D eigenvalue weighted by atomic mass is 10.1. The van der Waals surface area contributed by atoms with Gasteiger partial charge in [-0.2, -0.15) is 0 Å². The number of nitrogens with zero attached hydrogens (tertiary/aromatic N) is 1. The number of amides is 1. The lowest BCUT2D eigenvalue weighted by molar-refractivity contribution is -0.161. The number of likely N-dealkylation sites (N-methyl/N-ethyl adjacent to an activating group) is 1. The average Bonchev–Trinajstić information content (AvgIpc) is 2.53. The molecule has 1 rings (SSSR count). The van der Waals surface area contributed by atoms with Crippen LogP contribution in [-0.2, 0) is 25.6 Å². The topological polar surface area (TPSA) is 55.8 Å². The van der Waals surface area contributed by atoms with Crippen LogP contribution in [0.3, 0.4) is 0 Å². The minimum atomic E-state index is -0.695. The summed E-state index contributed by atoms with van der Waals surface area (Å²) in [5.74, 6) is -0.715. The van der Waals surface area contributed by atoms with E-state index in [-0.39, 0.29) is 18.3 Å². The van der Waals surface area contributed by atoms with Crippen molar-refractivity contribution in [2.45, 2.75) is 39.8 Å². The third kappa shape index (κ3) is 7.55. The molecule has 1 unspecified atom stereocenters. The van der Waals surface area contributed by atoms with E-state index in [2.05, 4.69) is 13.8 Å². The van der Waals surface area contributed by atoms with Gasteiger partial charge in [-0.25, -0.2) is 9.18 Å². The molecule has 0 saturated heterocycles. The summed E-state index contributed by atoms with van der Waals surface area (Å²) >= 11 is 0. The molecule has 1 amide bonds. The van der Waals surface area contributed by atoms with E-state index < -0.39 is 12.1 Å². The van der Waals surface area contributed by atoms with Crippen LogP contribution in [0.25, 0.3) is 0 Å². The van der Waals surface area contributed by atoms with E-state index >= 15 is 0 Å². The number of carbonyl (C=O) groups excluding carboxylic acids is 2. The molecule has 0 aliphatic heterocycles. The van der Waals surface area contributed by atoms with Crippen LogP contribution in [0, 0.1) is 11.7 Å². The van der Waals surface area contributed by atoms with Crippen LogP contribution in [0.1, 0.15) is 32.8 Å². The SMILES string of the molecule is CC(C)CCOC(C)C(=O)OCC(=O)N(C)Cc1ccc(F)cc1. The molecule has 0 bridgehead atoms. The largest absolute Gasteiger partial charge is 0.454 e. The fourth-order valence-electron chi connectivity index (χ4n) is 1.86. The smallest absolute Gasteiger partial charge is 0.335 e. The minimum Gasteiger partial charge on any atom is -0.454 e. The zero-order valence-corrected chi connectivity index (χ0v) is 14.8. The number of ether oxygens (including phenoxy) is 2. The molecule has 0 fully saturated rings. The zero-order chi connectivity index (χ0) is 18.1. The molecule has 0 saturated carbocycles. The van der Waals surface area contributed by atoms with Gasteiger partial charge in [0.1, 0.15) is 5.82 Å². The Morgan fingerprint density at radius 2 is 1.79 bits per heavy atom. The monoisotopic (exact) mass is 339 g/mol. The lowest BCUT2D eigenvalue weighted by Gasteiger charge is -2.18. The second kappa shape index (κ2) is 10.0. The van der Waals surface area contributed by atoms with Gasteiger partial charge in [0.25, 0.3) is 5.91 Å². The summed E-state index contributed by atoms with van der Waals surface area (Å²) in [6.07, 6.45) is 0.163. The molecule has 24 heavy (non-hydrogen) atoms. The van der Waals surface area contributed by atoms with Crippen molar-refractivity contribution in [1.82, 2.24) is 4.90 Å². The number of rotatable bonds is 9. The number of carbonyl (C=O) groups is 2. The normalized spacial score (nSPS) is 12.1. The van der Waals surface area contributed by atoms with Gasteiger partial charge < -0.3 is 14.4 Å². The third-order valence-corrected chi connectivity index (χ3v) is 3.49. The molecule has 1 aromatic carbocycles. The Labute approximate surface area is 142 Å². The number of hydrogen-bond acceptors (Lipinski definition) is 4. The Morgan fingerprint density at radius 3 is 2.38 bits per heavy atom. The highest BCUT2D eigenvalue weighted by molar-refractivity contribution is 5.81. The van der Waals surface area contributed by atoms with Crippen molar-refractivity contribution in [3.05, 3.63) is 35.6 Å². The zero-order valence-electron chi connectivity index (χ0n) is 14.8. The Bertz CT molecular complexity index is 530. The van der Waals surface area contributed by atoms with Crippen LogP contribution in [0.4, 0.5) is 4.39 Å². The Morgan fingerprint density at radius 1 is 1.17 bits per heavy atom. The summed E-state index contributed by atoms with van der Waals surface area (Å²) in [6.45, 7) is 6.21. The summed E-state index contributed by atoms with van der Waals surface area (Å²) in [6, 6.07) is 5.89. The van der Waals surface area contributed by atoms with Crippen molar-refractivity contribution in [2.75, 3.05) is 20.3 Å². The van der Waals surface area contributed by atoms with Gasteiger partial charge in [0.15, 0.2) is 12.7 Å². The van der Waals surface area contributed by atoms with Crippen molar-refractivity contribution < 1.29 is 23.5 Å². The van der Waals surface area contributed by atoms with Gasteiger partial charge >= 0.3 is 5.97 Å². The quantitative estimate of drug-likeness (QED) is 0.649. The molecule has 0 radical (unpaired) electrons. The lowest BCUT2D eigenvalue weighted by Crippen LogP contribution is -2.33. The fourth-order valence-corrected chi connectivity index (χ4v) is 1.86. The van der Waals surface area contributed by atoms with Crippen LogP contribution >= 0.6 is 0 Å². The van der Waals surface area contributed by atoms with E-state index in [4.69, 9.17) is 9.47 Å². The maximum atomic E-state index is 12.9. The van der Waals surface area contributed by atoms with E-state index in [1.54, 1.807) is 26.1 Å². The van der Waals surface area contributed by atoms with E-state index in [0.717, 1.165) is 12.0 Å². The van der Waals surface area contributed by atoms with Crippen LogP contribution in [-0.4, -0.2) is 43.1 Å². The van der Waals surface area contributed by atoms with Crippen LogP contribution in [0.15, 0.2) is 24.3 Å². The Hall–Kier alpha value is -1.95.